The molecule has 2 rings (SSSR count). The molecule has 0 radical (unpaired) electrons. The number of hydrogen-bond donors (Lipinski definition) is 2. The second-order valence-corrected chi connectivity index (χ2v) is 6.30. The van der Waals surface area contributed by atoms with Crippen molar-refractivity contribution in [1.82, 2.24) is 5.32 Å². The minimum Gasteiger partial charge on any atom is -0.443 e. The Kier molecular flexibility index (Phi) is 4.54. The number of hydrogen-bond acceptors (Lipinski definition) is 4. The van der Waals surface area contributed by atoms with Crippen LogP contribution in [0.2, 0.25) is 0 Å². The molecule has 1 aliphatic heterocycles. The normalized spacial score (nSPS) is 15.8. The Morgan fingerprint density at radius 2 is 2.19 bits per heavy atom. The number of aliphatic hydroxyl groups excluding tert-OH is 1. The molecule has 0 aromatic heterocycles. The summed E-state index contributed by atoms with van der Waals surface area (Å²) in [6.45, 7) is 6.65. The van der Waals surface area contributed by atoms with Crippen LogP contribution in [-0.2, 0) is 11.2 Å². The van der Waals surface area contributed by atoms with E-state index in [2.05, 4.69) is 5.32 Å². The number of ether oxygens (including phenoxy) is 1. The molecule has 0 saturated carbocycles. The molecule has 5 nitrogen and oxygen atoms in total. The maximum absolute atomic E-state index is 12.3. The first-order valence-electron chi connectivity index (χ1n) is 7.28. The average Bonchev–Trinajstić information content (AvgIpc) is 2.80. The summed E-state index contributed by atoms with van der Waals surface area (Å²) in [6, 6.07) is 5.69. The van der Waals surface area contributed by atoms with E-state index in [1.165, 1.54) is 0 Å². The third-order valence-corrected chi connectivity index (χ3v) is 3.43. The van der Waals surface area contributed by atoms with Crippen LogP contribution in [0, 0.1) is 0 Å². The van der Waals surface area contributed by atoms with Gasteiger partial charge >= 0.3 is 6.09 Å². The number of likely N-dealkylation sites (N-methyl/N-ethyl adjacent to an activating group) is 1. The Bertz CT molecular complexity index is 523. The minimum absolute atomic E-state index is 0.332. The fraction of sp³-hybridized carbons (Fsp3) is 0.562. The van der Waals surface area contributed by atoms with Crippen molar-refractivity contribution < 1.29 is 14.6 Å². The predicted molar refractivity (Wildman–Crippen MR) is 82.6 cm³/mol. The van der Waals surface area contributed by atoms with Gasteiger partial charge in [-0.3, -0.25) is 4.90 Å². The smallest absolute Gasteiger partial charge is 0.414 e. The lowest BCUT2D eigenvalue weighted by molar-refractivity contribution is 0.0584. The van der Waals surface area contributed by atoms with Crippen molar-refractivity contribution in [3.05, 3.63) is 29.3 Å². The molecule has 21 heavy (non-hydrogen) atoms. The van der Waals surface area contributed by atoms with E-state index in [1.54, 1.807) is 11.9 Å². The fourth-order valence-electron chi connectivity index (χ4n) is 2.58. The number of benzene rings is 1. The van der Waals surface area contributed by atoms with Gasteiger partial charge < -0.3 is 15.2 Å². The zero-order valence-corrected chi connectivity index (χ0v) is 13.1. The van der Waals surface area contributed by atoms with Gasteiger partial charge in [-0.25, -0.2) is 4.79 Å². The molecule has 0 fully saturated rings. The van der Waals surface area contributed by atoms with Crippen molar-refractivity contribution >= 4 is 11.8 Å². The number of nitrogens with one attached hydrogen (secondary N) is 1. The molecule has 1 atom stereocenters. The van der Waals surface area contributed by atoms with Crippen LogP contribution in [0.5, 0.6) is 0 Å². The average molecular weight is 292 g/mol. The number of anilines is 1. The highest BCUT2D eigenvalue weighted by Crippen LogP contribution is 2.34. The lowest BCUT2D eigenvalue weighted by Crippen LogP contribution is -2.35. The summed E-state index contributed by atoms with van der Waals surface area (Å²) >= 11 is 0. The van der Waals surface area contributed by atoms with Crippen LogP contribution in [0.1, 0.15) is 38.0 Å². The van der Waals surface area contributed by atoms with Gasteiger partial charge in [0.1, 0.15) is 5.60 Å². The summed E-state index contributed by atoms with van der Waals surface area (Å²) in [6.07, 6.45) is -0.157. The van der Waals surface area contributed by atoms with Crippen LogP contribution >= 0.6 is 0 Å². The quantitative estimate of drug-likeness (QED) is 0.897. The highest BCUT2D eigenvalue weighted by atomic mass is 16.6. The summed E-state index contributed by atoms with van der Waals surface area (Å²) in [5, 5.41) is 13.2. The zero-order chi connectivity index (χ0) is 15.6. The van der Waals surface area contributed by atoms with Crippen molar-refractivity contribution in [3.8, 4) is 0 Å². The molecule has 5 heteroatoms. The molecular formula is C16H24N2O3. The third kappa shape index (κ3) is 3.54. The Hall–Kier alpha value is -1.59. The van der Waals surface area contributed by atoms with Gasteiger partial charge in [0.05, 0.1) is 11.8 Å². The molecule has 2 N–H and O–H groups in total. The SMILES string of the molecule is CNCC(O)c1cccc2c1CCN2C(=O)OC(C)(C)C. The topological polar surface area (TPSA) is 61.8 Å². The predicted octanol–water partition coefficient (Wildman–Crippen LogP) is 2.24. The standard InChI is InChI=1S/C16H24N2O3/c1-16(2,3)21-15(20)18-9-8-11-12(14(19)10-17-4)6-5-7-13(11)18/h5-7,14,17,19H,8-10H2,1-4H3. The Morgan fingerprint density at radius 3 is 2.81 bits per heavy atom. The van der Waals surface area contributed by atoms with Gasteiger partial charge in [-0.2, -0.15) is 0 Å². The van der Waals surface area contributed by atoms with E-state index in [9.17, 15) is 9.90 Å². The second kappa shape index (κ2) is 6.03. The molecule has 0 spiro atoms. The monoisotopic (exact) mass is 292 g/mol. The first kappa shape index (κ1) is 15.8. The number of fused-ring (bicyclic) bond motifs is 1. The van der Waals surface area contributed by atoms with E-state index in [1.807, 2.05) is 39.0 Å². The molecule has 116 valence electrons. The van der Waals surface area contributed by atoms with Gasteiger partial charge in [-0.1, -0.05) is 12.1 Å². The summed E-state index contributed by atoms with van der Waals surface area (Å²) in [5.41, 5.74) is 2.25. The van der Waals surface area contributed by atoms with Gasteiger partial charge in [0, 0.05) is 13.1 Å². The molecule has 0 saturated heterocycles. The Balaban J connectivity index is 2.25. The second-order valence-electron chi connectivity index (χ2n) is 6.30. The highest BCUT2D eigenvalue weighted by molar-refractivity contribution is 5.91. The highest BCUT2D eigenvalue weighted by Gasteiger charge is 2.31. The molecule has 1 amide bonds. The van der Waals surface area contributed by atoms with E-state index >= 15 is 0 Å². The molecule has 1 aromatic carbocycles. The number of carbonyl (C=O) groups excluding carboxylic acids is 1. The number of amides is 1. The third-order valence-electron chi connectivity index (χ3n) is 3.43. The molecule has 1 unspecified atom stereocenters. The van der Waals surface area contributed by atoms with Crippen LogP contribution in [0.25, 0.3) is 0 Å². The van der Waals surface area contributed by atoms with E-state index in [4.69, 9.17) is 4.74 Å². The number of nitrogens with zero attached hydrogens (tertiary/aromatic N) is 1. The molecular weight excluding hydrogens is 268 g/mol. The molecule has 1 heterocycles. The van der Waals surface area contributed by atoms with Crippen LogP contribution in [0.15, 0.2) is 18.2 Å². The van der Waals surface area contributed by atoms with Gasteiger partial charge in [0.25, 0.3) is 0 Å². The number of aliphatic hydroxyl groups is 1. The van der Waals surface area contributed by atoms with Gasteiger partial charge in [0.15, 0.2) is 0 Å². The van der Waals surface area contributed by atoms with Crippen LogP contribution in [0.4, 0.5) is 10.5 Å². The summed E-state index contributed by atoms with van der Waals surface area (Å²) in [5.74, 6) is 0. The zero-order valence-electron chi connectivity index (χ0n) is 13.1. The van der Waals surface area contributed by atoms with Gasteiger partial charge in [-0.15, -0.1) is 0 Å². The van der Waals surface area contributed by atoms with E-state index < -0.39 is 11.7 Å². The largest absolute Gasteiger partial charge is 0.443 e. The van der Waals surface area contributed by atoms with E-state index in [0.717, 1.165) is 23.2 Å². The first-order chi connectivity index (χ1) is 9.83. The van der Waals surface area contributed by atoms with Crippen molar-refractivity contribution in [2.45, 2.75) is 38.9 Å². The summed E-state index contributed by atoms with van der Waals surface area (Å²) in [7, 11) is 1.80. The maximum Gasteiger partial charge on any atom is 0.414 e. The molecule has 1 aromatic rings. The summed E-state index contributed by atoms with van der Waals surface area (Å²) in [4.78, 5) is 13.9. The van der Waals surface area contributed by atoms with Crippen molar-refractivity contribution in [3.63, 3.8) is 0 Å². The van der Waals surface area contributed by atoms with Crippen molar-refractivity contribution in [2.75, 3.05) is 25.0 Å². The van der Waals surface area contributed by atoms with Crippen LogP contribution < -0.4 is 10.2 Å². The van der Waals surface area contributed by atoms with Crippen LogP contribution in [0.3, 0.4) is 0 Å². The van der Waals surface area contributed by atoms with Crippen LogP contribution in [-0.4, -0.2) is 36.9 Å². The molecule has 0 aliphatic carbocycles. The number of rotatable bonds is 3. The maximum atomic E-state index is 12.3. The first-order valence-corrected chi connectivity index (χ1v) is 7.28. The van der Waals surface area contributed by atoms with Gasteiger partial charge in [0.2, 0.25) is 0 Å². The van der Waals surface area contributed by atoms with E-state index in [0.29, 0.717) is 13.1 Å². The summed E-state index contributed by atoms with van der Waals surface area (Å²) < 4.78 is 5.44. The van der Waals surface area contributed by atoms with Crippen molar-refractivity contribution in [1.29, 1.82) is 0 Å². The molecule has 1 aliphatic rings. The number of carbonyl (C=O) groups is 1. The Labute approximate surface area is 125 Å². The minimum atomic E-state index is -0.566. The lowest BCUT2D eigenvalue weighted by atomic mass is 10.00. The van der Waals surface area contributed by atoms with Gasteiger partial charge in [-0.05, 0) is 51.4 Å². The Morgan fingerprint density at radius 1 is 1.48 bits per heavy atom. The fourth-order valence-corrected chi connectivity index (χ4v) is 2.58. The lowest BCUT2D eigenvalue weighted by Gasteiger charge is -2.25. The molecule has 0 bridgehead atoms. The van der Waals surface area contributed by atoms with E-state index in [-0.39, 0.29) is 6.09 Å². The van der Waals surface area contributed by atoms with Crippen molar-refractivity contribution in [2.24, 2.45) is 0 Å².